The molecule has 0 aromatic rings. The van der Waals surface area contributed by atoms with Crippen molar-refractivity contribution in [3.05, 3.63) is 24.3 Å². The van der Waals surface area contributed by atoms with Crippen LogP contribution in [-0.2, 0) is 0 Å². The Kier molecular flexibility index (Phi) is 11.9. The number of aliphatic imine (C=N–C) groups is 1. The lowest BCUT2D eigenvalue weighted by atomic mass is 9.97. The van der Waals surface area contributed by atoms with Crippen molar-refractivity contribution < 1.29 is 0 Å². The van der Waals surface area contributed by atoms with Crippen molar-refractivity contribution in [2.75, 3.05) is 27.2 Å². The van der Waals surface area contributed by atoms with Crippen LogP contribution < -0.4 is 5.32 Å². The molecule has 116 valence electrons. The van der Waals surface area contributed by atoms with Gasteiger partial charge in [0.15, 0.2) is 5.96 Å². The Bertz CT molecular complexity index is 324. The van der Waals surface area contributed by atoms with E-state index in [9.17, 15) is 0 Å². The van der Waals surface area contributed by atoms with Gasteiger partial charge in [-0.25, -0.2) is 0 Å². The predicted molar refractivity (Wildman–Crippen MR) is 100 cm³/mol. The van der Waals surface area contributed by atoms with E-state index in [0.717, 1.165) is 38.3 Å². The number of nitrogens with zero attached hydrogens (tertiary/aromatic N) is 2. The molecule has 1 N–H and O–H groups in total. The second-order valence-electron chi connectivity index (χ2n) is 5.18. The van der Waals surface area contributed by atoms with Crippen molar-refractivity contribution in [1.82, 2.24) is 10.2 Å². The maximum atomic E-state index is 4.34. The van der Waals surface area contributed by atoms with Crippen molar-refractivity contribution in [2.45, 2.75) is 44.9 Å². The molecule has 0 aromatic carbocycles. The van der Waals surface area contributed by atoms with Crippen LogP contribution in [0.4, 0.5) is 0 Å². The van der Waals surface area contributed by atoms with Gasteiger partial charge in [-0.3, -0.25) is 4.99 Å². The first-order valence-corrected chi connectivity index (χ1v) is 7.48. The molecule has 0 radical (unpaired) electrons. The predicted octanol–water partition coefficient (Wildman–Crippen LogP) is 3.97. The molecular formula is C16H30IN3. The molecule has 1 aliphatic carbocycles. The van der Waals surface area contributed by atoms with Crippen LogP contribution in [0, 0.1) is 0 Å². The third-order valence-electron chi connectivity index (χ3n) is 3.59. The van der Waals surface area contributed by atoms with Crippen molar-refractivity contribution >= 4 is 29.9 Å². The molecule has 0 atom stereocenters. The van der Waals surface area contributed by atoms with Gasteiger partial charge in [-0.05, 0) is 44.9 Å². The first kappa shape index (κ1) is 19.5. The van der Waals surface area contributed by atoms with E-state index in [-0.39, 0.29) is 24.0 Å². The van der Waals surface area contributed by atoms with E-state index in [4.69, 9.17) is 0 Å². The summed E-state index contributed by atoms with van der Waals surface area (Å²) in [6.45, 7) is 5.77. The average molecular weight is 391 g/mol. The Morgan fingerprint density at radius 1 is 1.50 bits per heavy atom. The van der Waals surface area contributed by atoms with Crippen molar-refractivity contribution in [1.29, 1.82) is 0 Å². The van der Waals surface area contributed by atoms with Gasteiger partial charge in [-0.1, -0.05) is 17.7 Å². The Labute approximate surface area is 141 Å². The molecule has 0 saturated carbocycles. The molecule has 1 aliphatic rings. The van der Waals surface area contributed by atoms with Gasteiger partial charge in [0.05, 0.1) is 0 Å². The van der Waals surface area contributed by atoms with E-state index < -0.39 is 0 Å². The van der Waals surface area contributed by atoms with Crippen molar-refractivity contribution in [3.8, 4) is 0 Å². The highest BCUT2D eigenvalue weighted by molar-refractivity contribution is 14.0. The molecule has 0 aromatic heterocycles. The lowest BCUT2D eigenvalue weighted by molar-refractivity contribution is 0.470. The third-order valence-corrected chi connectivity index (χ3v) is 3.59. The second-order valence-corrected chi connectivity index (χ2v) is 5.18. The number of halogens is 1. The molecule has 0 unspecified atom stereocenters. The zero-order valence-electron chi connectivity index (χ0n) is 13.0. The molecule has 0 fully saturated rings. The van der Waals surface area contributed by atoms with E-state index >= 15 is 0 Å². The van der Waals surface area contributed by atoms with Gasteiger partial charge in [0.2, 0.25) is 0 Å². The molecule has 0 aliphatic heterocycles. The summed E-state index contributed by atoms with van der Waals surface area (Å²) in [7, 11) is 3.95. The fraction of sp³-hybridized carbons (Fsp3) is 0.688. The first-order chi connectivity index (χ1) is 9.27. The number of rotatable bonds is 7. The zero-order valence-corrected chi connectivity index (χ0v) is 15.4. The quantitative estimate of drug-likeness (QED) is 0.234. The van der Waals surface area contributed by atoms with Crippen LogP contribution in [-0.4, -0.2) is 38.0 Å². The summed E-state index contributed by atoms with van der Waals surface area (Å²) in [5.41, 5.74) is 1.61. The molecule has 0 spiro atoms. The Morgan fingerprint density at radius 3 is 2.90 bits per heavy atom. The number of hydrogen-bond acceptors (Lipinski definition) is 1. The second kappa shape index (κ2) is 12.2. The van der Waals surface area contributed by atoms with Crippen molar-refractivity contribution in [2.24, 2.45) is 4.99 Å². The van der Waals surface area contributed by atoms with Crippen LogP contribution in [0.2, 0.25) is 0 Å². The molecule has 3 nitrogen and oxygen atoms in total. The standard InChI is InChI=1S/C16H29N3.HI/c1-4-5-9-14-19(3)16(17-2)18-13-12-15-10-7-6-8-11-15;/h4,10H,1,5-9,11-14H2,2-3H3,(H,17,18);1H. The Balaban J connectivity index is 0.00000361. The summed E-state index contributed by atoms with van der Waals surface area (Å²) in [6, 6.07) is 0. The molecule has 1 rings (SSSR count). The van der Waals surface area contributed by atoms with E-state index in [1.54, 1.807) is 5.57 Å². The SMILES string of the molecule is C=CCCCN(C)C(=NC)NCCC1=CCCCC1.I. The van der Waals surface area contributed by atoms with Gasteiger partial charge >= 0.3 is 0 Å². The van der Waals surface area contributed by atoms with E-state index in [2.05, 4.69) is 34.9 Å². The summed E-state index contributed by atoms with van der Waals surface area (Å²) in [4.78, 5) is 6.53. The topological polar surface area (TPSA) is 27.6 Å². The van der Waals surface area contributed by atoms with Crippen LogP contribution >= 0.6 is 24.0 Å². The summed E-state index contributed by atoms with van der Waals surface area (Å²) in [5, 5.41) is 3.45. The minimum atomic E-state index is 0. The Morgan fingerprint density at radius 2 is 2.30 bits per heavy atom. The highest BCUT2D eigenvalue weighted by Gasteiger charge is 2.06. The number of hydrogen-bond donors (Lipinski definition) is 1. The fourth-order valence-electron chi connectivity index (χ4n) is 2.43. The average Bonchev–Trinajstić information content (AvgIpc) is 2.45. The van der Waals surface area contributed by atoms with Crippen molar-refractivity contribution in [3.63, 3.8) is 0 Å². The van der Waals surface area contributed by atoms with Gasteiger partial charge in [0.1, 0.15) is 0 Å². The van der Waals surface area contributed by atoms with Crippen LogP contribution in [0.1, 0.15) is 44.9 Å². The molecule has 0 bridgehead atoms. The van der Waals surface area contributed by atoms with Crippen LogP contribution in [0.3, 0.4) is 0 Å². The monoisotopic (exact) mass is 391 g/mol. The molecule has 4 heteroatoms. The largest absolute Gasteiger partial charge is 0.356 e. The summed E-state index contributed by atoms with van der Waals surface area (Å²) < 4.78 is 0. The lowest BCUT2D eigenvalue weighted by Gasteiger charge is -2.22. The summed E-state index contributed by atoms with van der Waals surface area (Å²) >= 11 is 0. The normalized spacial score (nSPS) is 15.1. The highest BCUT2D eigenvalue weighted by atomic mass is 127. The van der Waals surface area contributed by atoms with Crippen LogP contribution in [0.15, 0.2) is 29.3 Å². The molecule has 0 saturated heterocycles. The smallest absolute Gasteiger partial charge is 0.193 e. The number of nitrogens with one attached hydrogen (secondary N) is 1. The van der Waals surface area contributed by atoms with Gasteiger partial charge in [-0.2, -0.15) is 0 Å². The molecule has 0 heterocycles. The first-order valence-electron chi connectivity index (χ1n) is 7.48. The maximum absolute atomic E-state index is 4.34. The van der Waals surface area contributed by atoms with E-state index in [1.807, 2.05) is 13.1 Å². The number of guanidine groups is 1. The summed E-state index contributed by atoms with van der Waals surface area (Å²) in [5.74, 6) is 1.00. The van der Waals surface area contributed by atoms with Gasteiger partial charge in [0.25, 0.3) is 0 Å². The number of unbranched alkanes of at least 4 members (excludes halogenated alkanes) is 1. The lowest BCUT2D eigenvalue weighted by Crippen LogP contribution is -2.39. The van der Waals surface area contributed by atoms with Gasteiger partial charge in [0, 0.05) is 27.2 Å². The molecular weight excluding hydrogens is 361 g/mol. The Hall–Kier alpha value is -0.520. The van der Waals surface area contributed by atoms with Crippen LogP contribution in [0.25, 0.3) is 0 Å². The summed E-state index contributed by atoms with van der Waals surface area (Å²) in [6.07, 6.45) is 13.0. The molecule has 0 amide bonds. The van der Waals surface area contributed by atoms with Gasteiger partial charge in [-0.15, -0.1) is 30.6 Å². The fourth-order valence-corrected chi connectivity index (χ4v) is 2.43. The maximum Gasteiger partial charge on any atom is 0.193 e. The highest BCUT2D eigenvalue weighted by Crippen LogP contribution is 2.19. The van der Waals surface area contributed by atoms with E-state index in [1.165, 1.54) is 25.7 Å². The molecule has 20 heavy (non-hydrogen) atoms. The minimum Gasteiger partial charge on any atom is -0.356 e. The van der Waals surface area contributed by atoms with E-state index in [0.29, 0.717) is 0 Å². The van der Waals surface area contributed by atoms with Gasteiger partial charge < -0.3 is 10.2 Å². The zero-order chi connectivity index (χ0) is 13.9. The minimum absolute atomic E-state index is 0. The number of allylic oxidation sites excluding steroid dienone is 2. The van der Waals surface area contributed by atoms with Crippen LogP contribution in [0.5, 0.6) is 0 Å². The third kappa shape index (κ3) is 7.92.